The van der Waals surface area contributed by atoms with Crippen LogP contribution in [-0.2, 0) is 10.1 Å². The van der Waals surface area contributed by atoms with E-state index in [9.17, 15) is 18.1 Å². The molecule has 102 valence electrons. The second kappa shape index (κ2) is 7.32. The van der Waals surface area contributed by atoms with E-state index in [1.807, 2.05) is 0 Å². The van der Waals surface area contributed by atoms with Gasteiger partial charge in [-0.3, -0.25) is 0 Å². The zero-order valence-corrected chi connectivity index (χ0v) is 13.9. The van der Waals surface area contributed by atoms with Crippen molar-refractivity contribution in [1.29, 1.82) is 0 Å². The second-order valence-corrected chi connectivity index (χ2v) is 4.72. The van der Waals surface area contributed by atoms with E-state index in [1.165, 1.54) is 33.5 Å². The van der Waals surface area contributed by atoms with Crippen molar-refractivity contribution in [3.05, 3.63) is 17.7 Å². The van der Waals surface area contributed by atoms with E-state index in [0.29, 0.717) is 5.75 Å². The number of methoxy groups -OCH3 is 3. The van der Waals surface area contributed by atoms with Gasteiger partial charge < -0.3 is 23.9 Å². The topological polar surface area (TPSA) is 105 Å². The molecule has 0 aliphatic rings. The van der Waals surface area contributed by atoms with E-state index >= 15 is 0 Å². The third-order valence-electron chi connectivity index (χ3n) is 2.27. The predicted molar refractivity (Wildman–Crippen MR) is 60.8 cm³/mol. The van der Waals surface area contributed by atoms with Gasteiger partial charge in [-0.15, -0.1) is 0 Å². The molecule has 0 heterocycles. The van der Waals surface area contributed by atoms with E-state index in [2.05, 4.69) is 0 Å². The van der Waals surface area contributed by atoms with Crippen LogP contribution in [-0.4, -0.2) is 39.4 Å². The van der Waals surface area contributed by atoms with Crippen molar-refractivity contribution in [3.63, 3.8) is 0 Å². The van der Waals surface area contributed by atoms with E-state index in [4.69, 9.17) is 14.2 Å². The van der Waals surface area contributed by atoms with E-state index < -0.39 is 15.6 Å². The van der Waals surface area contributed by atoms with E-state index in [0.717, 1.165) is 0 Å². The third kappa shape index (κ3) is 4.23. The molecule has 0 saturated heterocycles. The van der Waals surface area contributed by atoms with Crippen LogP contribution in [0, 0.1) is 0 Å². The Hall–Kier alpha value is -0.510. The van der Waals surface area contributed by atoms with Gasteiger partial charge in [0.2, 0.25) is 0 Å². The molecule has 0 bridgehead atoms. The fourth-order valence-electron chi connectivity index (χ4n) is 1.42. The second-order valence-electron chi connectivity index (χ2n) is 3.29. The van der Waals surface area contributed by atoms with Gasteiger partial charge in [-0.1, -0.05) is 0 Å². The molecule has 0 aliphatic carbocycles. The summed E-state index contributed by atoms with van der Waals surface area (Å²) < 4.78 is 47.4. The van der Waals surface area contributed by atoms with Crippen LogP contribution in [0.25, 0.3) is 0 Å². The van der Waals surface area contributed by atoms with Crippen molar-refractivity contribution in [2.45, 2.75) is 5.44 Å². The average Bonchev–Trinajstić information content (AvgIpc) is 2.34. The van der Waals surface area contributed by atoms with Crippen molar-refractivity contribution >= 4 is 10.1 Å². The Bertz CT molecular complexity index is 504. The molecule has 1 atom stereocenters. The molecule has 7 nitrogen and oxygen atoms in total. The van der Waals surface area contributed by atoms with Gasteiger partial charge in [0.25, 0.3) is 0 Å². The molecule has 0 aliphatic heterocycles. The van der Waals surface area contributed by atoms with Crippen molar-refractivity contribution in [1.82, 2.24) is 0 Å². The maximum absolute atomic E-state index is 10.9. The first-order valence-corrected chi connectivity index (χ1v) is 6.25. The first-order valence-electron chi connectivity index (χ1n) is 4.77. The molecule has 1 unspecified atom stereocenters. The summed E-state index contributed by atoms with van der Waals surface area (Å²) in [6.45, 7) is 0. The Morgan fingerprint density at radius 3 is 1.79 bits per heavy atom. The van der Waals surface area contributed by atoms with E-state index in [1.54, 1.807) is 0 Å². The van der Waals surface area contributed by atoms with Crippen LogP contribution in [0.4, 0.5) is 0 Å². The fraction of sp³-hybridized carbons (Fsp3) is 0.400. The summed E-state index contributed by atoms with van der Waals surface area (Å²) in [7, 11) is -1.01. The van der Waals surface area contributed by atoms with Crippen LogP contribution in [0.1, 0.15) is 11.0 Å². The van der Waals surface area contributed by atoms with Gasteiger partial charge in [0.15, 0.2) is 5.44 Å². The number of rotatable bonds is 5. The van der Waals surface area contributed by atoms with Gasteiger partial charge in [0.1, 0.15) is 27.4 Å². The fourth-order valence-corrected chi connectivity index (χ4v) is 1.94. The monoisotopic (exact) mass is 300 g/mol. The summed E-state index contributed by atoms with van der Waals surface area (Å²) in [6, 6.07) is 2.68. The number of hydrogen-bond donors (Lipinski definition) is 1. The maximum atomic E-state index is 10.9. The van der Waals surface area contributed by atoms with Crippen molar-refractivity contribution in [3.8, 4) is 17.2 Å². The molecule has 0 spiro atoms. The maximum Gasteiger partial charge on any atom is 1.00 e. The van der Waals surface area contributed by atoms with Crippen molar-refractivity contribution < 1.29 is 61.8 Å². The Kier molecular flexibility index (Phi) is 7.12. The van der Waals surface area contributed by atoms with Crippen LogP contribution in [0.2, 0.25) is 0 Å². The summed E-state index contributed by atoms with van der Waals surface area (Å²) in [5, 5.41) is 9.54. The molecule has 0 saturated carbocycles. The molecule has 9 heteroatoms. The Balaban J connectivity index is 0.00000324. The zero-order valence-electron chi connectivity index (χ0n) is 11.0. The quantitative estimate of drug-likeness (QED) is 0.464. The summed E-state index contributed by atoms with van der Waals surface area (Å²) in [5.41, 5.74) is -2.52. The minimum absolute atomic E-state index is 0. The number of hydrogen-bond acceptors (Lipinski definition) is 7. The molecule has 0 fully saturated rings. The van der Waals surface area contributed by atoms with Gasteiger partial charge in [0, 0.05) is 12.1 Å². The molecule has 0 aromatic heterocycles. The van der Waals surface area contributed by atoms with Crippen molar-refractivity contribution in [2.24, 2.45) is 0 Å². The number of ether oxygens (including phenoxy) is 3. The largest absolute Gasteiger partial charge is 1.00 e. The SMILES string of the molecule is COc1cc(OC)c(C(O)S(=O)(=O)[O-])c(OC)c1.[Na+]. The Morgan fingerprint density at radius 2 is 1.53 bits per heavy atom. The van der Waals surface area contributed by atoms with Crippen LogP contribution >= 0.6 is 0 Å². The standard InChI is InChI=1S/C10H14O7S.Na/c1-15-6-4-7(16-2)9(8(5-6)17-3)10(11)18(12,13)14;/h4-5,10-11H,1-3H3,(H,12,13,14);/q;+1/p-1. The minimum atomic E-state index is -4.94. The molecule has 0 radical (unpaired) electrons. The van der Waals surface area contributed by atoms with Gasteiger partial charge in [-0.2, -0.15) is 0 Å². The third-order valence-corrected chi connectivity index (χ3v) is 3.06. The van der Waals surface area contributed by atoms with Gasteiger partial charge in [-0.25, -0.2) is 8.42 Å². The van der Waals surface area contributed by atoms with Crippen LogP contribution in [0.5, 0.6) is 17.2 Å². The Morgan fingerprint density at radius 1 is 1.11 bits per heavy atom. The van der Waals surface area contributed by atoms with Crippen LogP contribution < -0.4 is 43.8 Å². The van der Waals surface area contributed by atoms with Crippen molar-refractivity contribution in [2.75, 3.05) is 21.3 Å². The minimum Gasteiger partial charge on any atom is -0.746 e. The summed E-state index contributed by atoms with van der Waals surface area (Å²) >= 11 is 0. The van der Waals surface area contributed by atoms with E-state index in [-0.39, 0.29) is 46.6 Å². The molecule has 0 amide bonds. The summed E-state index contributed by atoms with van der Waals surface area (Å²) in [4.78, 5) is 0. The zero-order chi connectivity index (χ0) is 13.9. The predicted octanol–water partition coefficient (Wildman–Crippen LogP) is -2.75. The average molecular weight is 300 g/mol. The molecular weight excluding hydrogens is 287 g/mol. The Labute approximate surface area is 133 Å². The number of aliphatic hydroxyl groups excluding tert-OH is 1. The smallest absolute Gasteiger partial charge is 0.746 e. The number of benzene rings is 1. The number of aliphatic hydroxyl groups is 1. The first kappa shape index (κ1) is 18.5. The normalized spacial score (nSPS) is 12.3. The summed E-state index contributed by atoms with van der Waals surface area (Å²) in [5.74, 6) is 0.305. The van der Waals surface area contributed by atoms with Gasteiger partial charge in [0.05, 0.1) is 26.9 Å². The molecule has 1 N–H and O–H groups in total. The molecule has 19 heavy (non-hydrogen) atoms. The van der Waals surface area contributed by atoms with Crippen LogP contribution in [0.15, 0.2) is 12.1 Å². The molecular formula is C10H13NaO7S. The van der Waals surface area contributed by atoms with Crippen LogP contribution in [0.3, 0.4) is 0 Å². The molecule has 1 aromatic carbocycles. The molecule has 1 rings (SSSR count). The summed E-state index contributed by atoms with van der Waals surface area (Å²) in [6.07, 6.45) is 0. The van der Waals surface area contributed by atoms with Gasteiger partial charge in [-0.05, 0) is 0 Å². The van der Waals surface area contributed by atoms with Gasteiger partial charge >= 0.3 is 29.6 Å². The molecule has 1 aromatic rings. The first-order chi connectivity index (χ1) is 8.35.